The molecule has 2 amide bonds. The Balaban J connectivity index is 1.46. The van der Waals surface area contributed by atoms with Crippen LogP contribution in [0, 0.1) is 5.92 Å². The summed E-state index contributed by atoms with van der Waals surface area (Å²) in [7, 11) is 0. The number of nitrogens with one attached hydrogen (secondary N) is 1. The van der Waals surface area contributed by atoms with Crippen molar-refractivity contribution in [3.63, 3.8) is 0 Å². The summed E-state index contributed by atoms with van der Waals surface area (Å²) in [4.78, 5) is 26.3. The highest BCUT2D eigenvalue weighted by atomic mass is 16.2. The second-order valence-corrected chi connectivity index (χ2v) is 7.27. The normalized spacial score (nSPS) is 19.8. The van der Waals surface area contributed by atoms with Crippen LogP contribution in [-0.2, 0) is 15.0 Å². The zero-order valence-corrected chi connectivity index (χ0v) is 14.6. The van der Waals surface area contributed by atoms with E-state index in [0.717, 1.165) is 51.7 Å². The van der Waals surface area contributed by atoms with Gasteiger partial charge in [0.1, 0.15) is 0 Å². The maximum Gasteiger partial charge on any atom is 0.223 e. The van der Waals surface area contributed by atoms with E-state index in [-0.39, 0.29) is 23.1 Å². The molecule has 1 N–H and O–H groups in total. The van der Waals surface area contributed by atoms with Gasteiger partial charge in [0, 0.05) is 37.4 Å². The van der Waals surface area contributed by atoms with E-state index in [4.69, 9.17) is 0 Å². The molecule has 1 saturated heterocycles. The predicted molar refractivity (Wildman–Crippen MR) is 94.6 cm³/mol. The van der Waals surface area contributed by atoms with Crippen molar-refractivity contribution in [3.8, 4) is 0 Å². The summed E-state index contributed by atoms with van der Waals surface area (Å²) in [5, 5.41) is 3.18. The van der Waals surface area contributed by atoms with Gasteiger partial charge in [0.15, 0.2) is 0 Å². The fourth-order valence-electron chi connectivity index (χ4n) is 3.67. The number of likely N-dealkylation sites (tertiary alicyclic amines) is 1. The molecular weight excluding hydrogens is 300 g/mol. The van der Waals surface area contributed by atoms with Gasteiger partial charge >= 0.3 is 0 Å². The van der Waals surface area contributed by atoms with Crippen molar-refractivity contribution in [2.75, 3.05) is 19.6 Å². The molecule has 0 aromatic heterocycles. The van der Waals surface area contributed by atoms with Crippen LogP contribution < -0.4 is 5.32 Å². The molecule has 24 heavy (non-hydrogen) atoms. The van der Waals surface area contributed by atoms with E-state index < -0.39 is 0 Å². The molecule has 1 aliphatic carbocycles. The van der Waals surface area contributed by atoms with Crippen molar-refractivity contribution in [1.29, 1.82) is 0 Å². The van der Waals surface area contributed by atoms with E-state index in [1.165, 1.54) is 5.56 Å². The van der Waals surface area contributed by atoms with Crippen LogP contribution in [0.1, 0.15) is 51.0 Å². The molecule has 4 heteroatoms. The van der Waals surface area contributed by atoms with Crippen molar-refractivity contribution in [2.24, 2.45) is 5.92 Å². The lowest BCUT2D eigenvalue weighted by Crippen LogP contribution is -2.44. The Labute approximate surface area is 144 Å². The molecule has 2 aliphatic rings. The van der Waals surface area contributed by atoms with Crippen molar-refractivity contribution in [3.05, 3.63) is 35.9 Å². The van der Waals surface area contributed by atoms with Crippen molar-refractivity contribution < 1.29 is 9.59 Å². The Hall–Kier alpha value is -1.84. The van der Waals surface area contributed by atoms with Crippen LogP contribution in [0.2, 0.25) is 0 Å². The van der Waals surface area contributed by atoms with Crippen molar-refractivity contribution in [2.45, 2.75) is 50.9 Å². The van der Waals surface area contributed by atoms with Crippen LogP contribution >= 0.6 is 0 Å². The summed E-state index contributed by atoms with van der Waals surface area (Å²) in [6, 6.07) is 10.5. The molecule has 2 fully saturated rings. The Morgan fingerprint density at radius 1 is 1.17 bits per heavy atom. The minimum atomic E-state index is 0.0576. The number of hydrogen-bond acceptors (Lipinski definition) is 2. The quantitative estimate of drug-likeness (QED) is 0.873. The maximum atomic E-state index is 12.5. The molecule has 130 valence electrons. The van der Waals surface area contributed by atoms with E-state index >= 15 is 0 Å². The van der Waals surface area contributed by atoms with E-state index in [1.807, 2.05) is 17.9 Å². The maximum absolute atomic E-state index is 12.5. The van der Waals surface area contributed by atoms with E-state index in [1.54, 1.807) is 0 Å². The second-order valence-electron chi connectivity index (χ2n) is 7.27. The molecule has 1 aromatic rings. The third-order valence-electron chi connectivity index (χ3n) is 5.52. The highest BCUT2D eigenvalue weighted by molar-refractivity contribution is 5.80. The topological polar surface area (TPSA) is 49.4 Å². The number of piperidine rings is 1. The Bertz CT molecular complexity index is 573. The van der Waals surface area contributed by atoms with Crippen LogP contribution in [0.3, 0.4) is 0 Å². The first-order valence-corrected chi connectivity index (χ1v) is 9.26. The first-order chi connectivity index (χ1) is 11.6. The van der Waals surface area contributed by atoms with Gasteiger partial charge in [0.05, 0.1) is 0 Å². The SMILES string of the molecule is CCCC(=O)N1CCC(C(=O)NCC2(c3ccccc3)CC2)CC1. The zero-order valence-electron chi connectivity index (χ0n) is 14.6. The van der Waals surface area contributed by atoms with E-state index in [9.17, 15) is 9.59 Å². The average Bonchev–Trinajstić information content (AvgIpc) is 3.42. The average molecular weight is 328 g/mol. The number of amides is 2. The number of hydrogen-bond donors (Lipinski definition) is 1. The molecular formula is C20H28N2O2. The number of carbonyl (C=O) groups excluding carboxylic acids is 2. The summed E-state index contributed by atoms with van der Waals surface area (Å²) in [5.74, 6) is 0.458. The summed E-state index contributed by atoms with van der Waals surface area (Å²) in [6.45, 7) is 4.21. The molecule has 0 atom stereocenters. The first-order valence-electron chi connectivity index (χ1n) is 9.26. The van der Waals surface area contributed by atoms with Crippen molar-refractivity contribution in [1.82, 2.24) is 10.2 Å². The number of carbonyl (C=O) groups is 2. The van der Waals surface area contributed by atoms with E-state index in [2.05, 4.69) is 29.6 Å². The van der Waals surface area contributed by atoms with Crippen LogP contribution in [0.5, 0.6) is 0 Å². The number of rotatable bonds is 6. The van der Waals surface area contributed by atoms with Crippen LogP contribution in [0.4, 0.5) is 0 Å². The molecule has 1 heterocycles. The van der Waals surface area contributed by atoms with Gasteiger partial charge in [-0.05, 0) is 37.7 Å². The monoisotopic (exact) mass is 328 g/mol. The lowest BCUT2D eigenvalue weighted by Gasteiger charge is -2.31. The molecule has 1 aliphatic heterocycles. The largest absolute Gasteiger partial charge is 0.355 e. The molecule has 0 unspecified atom stereocenters. The Morgan fingerprint density at radius 3 is 2.42 bits per heavy atom. The predicted octanol–water partition coefficient (Wildman–Crippen LogP) is 2.87. The number of nitrogens with zero attached hydrogens (tertiary/aromatic N) is 1. The van der Waals surface area contributed by atoms with E-state index in [0.29, 0.717) is 6.42 Å². The molecule has 1 aromatic carbocycles. The van der Waals surface area contributed by atoms with Crippen LogP contribution in [0.25, 0.3) is 0 Å². The zero-order chi connectivity index (χ0) is 17.0. The molecule has 0 radical (unpaired) electrons. The van der Waals surface area contributed by atoms with Gasteiger partial charge in [0.25, 0.3) is 0 Å². The standard InChI is InChI=1S/C20H28N2O2/c1-2-6-18(23)22-13-9-16(10-14-22)19(24)21-15-20(11-12-20)17-7-4-3-5-8-17/h3-5,7-8,16H,2,6,9-15H2,1H3,(H,21,24). The van der Waals surface area contributed by atoms with Gasteiger partial charge in [-0.25, -0.2) is 0 Å². The van der Waals surface area contributed by atoms with Gasteiger partial charge in [-0.1, -0.05) is 37.3 Å². The summed E-state index contributed by atoms with van der Waals surface area (Å²) in [5.41, 5.74) is 1.50. The fourth-order valence-corrected chi connectivity index (χ4v) is 3.67. The second kappa shape index (κ2) is 7.37. The molecule has 0 spiro atoms. The highest BCUT2D eigenvalue weighted by Gasteiger charge is 2.44. The third kappa shape index (κ3) is 3.80. The van der Waals surface area contributed by atoms with Crippen LogP contribution in [0.15, 0.2) is 30.3 Å². The number of benzene rings is 1. The summed E-state index contributed by atoms with van der Waals surface area (Å²) < 4.78 is 0. The summed E-state index contributed by atoms with van der Waals surface area (Å²) >= 11 is 0. The Kier molecular flexibility index (Phi) is 5.22. The van der Waals surface area contributed by atoms with Crippen LogP contribution in [-0.4, -0.2) is 36.3 Å². The van der Waals surface area contributed by atoms with Gasteiger partial charge in [0.2, 0.25) is 11.8 Å². The smallest absolute Gasteiger partial charge is 0.223 e. The first kappa shape index (κ1) is 17.0. The minimum absolute atomic E-state index is 0.0576. The molecule has 4 nitrogen and oxygen atoms in total. The lowest BCUT2D eigenvalue weighted by atomic mass is 9.93. The molecule has 3 rings (SSSR count). The van der Waals surface area contributed by atoms with Gasteiger partial charge < -0.3 is 10.2 Å². The third-order valence-corrected chi connectivity index (χ3v) is 5.52. The highest BCUT2D eigenvalue weighted by Crippen LogP contribution is 2.47. The Morgan fingerprint density at radius 2 is 1.83 bits per heavy atom. The van der Waals surface area contributed by atoms with Gasteiger partial charge in [-0.15, -0.1) is 0 Å². The molecule has 0 bridgehead atoms. The van der Waals surface area contributed by atoms with Gasteiger partial charge in [-0.2, -0.15) is 0 Å². The minimum Gasteiger partial charge on any atom is -0.355 e. The van der Waals surface area contributed by atoms with Gasteiger partial charge in [-0.3, -0.25) is 9.59 Å². The molecule has 1 saturated carbocycles. The summed E-state index contributed by atoms with van der Waals surface area (Å²) in [6.07, 6.45) is 5.40. The van der Waals surface area contributed by atoms with Crippen molar-refractivity contribution >= 4 is 11.8 Å². The lowest BCUT2D eigenvalue weighted by molar-refractivity contribution is -0.135. The fraction of sp³-hybridized carbons (Fsp3) is 0.600.